The summed E-state index contributed by atoms with van der Waals surface area (Å²) in [5.41, 5.74) is 1.18. The third-order valence-electron chi connectivity index (χ3n) is 9.01. The molecule has 46 heavy (non-hydrogen) atoms. The van der Waals surface area contributed by atoms with Crippen molar-refractivity contribution in [2.75, 3.05) is 59.6 Å². The van der Waals surface area contributed by atoms with E-state index in [1.165, 1.54) is 31.0 Å². The molecule has 15 nitrogen and oxygen atoms in total. The molecule has 0 bridgehead atoms. The van der Waals surface area contributed by atoms with Crippen molar-refractivity contribution in [2.24, 2.45) is 17.6 Å². The Morgan fingerprint density at radius 1 is 1.11 bits per heavy atom. The second-order valence-electron chi connectivity index (χ2n) is 12.3. The smallest absolute Gasteiger partial charge is 0.307 e. The lowest BCUT2D eigenvalue weighted by Gasteiger charge is -2.50. The zero-order chi connectivity index (χ0) is 34.7. The molecule has 1 aromatic carbocycles. The highest BCUT2D eigenvalue weighted by Crippen LogP contribution is 2.55. The summed E-state index contributed by atoms with van der Waals surface area (Å²) in [4.78, 5) is 69.8. The molecule has 3 aliphatic rings. The molecule has 3 unspecified atom stereocenters. The number of ether oxygens (including phenoxy) is 1. The van der Waals surface area contributed by atoms with Crippen LogP contribution in [0.4, 0.5) is 11.4 Å². The van der Waals surface area contributed by atoms with Crippen molar-refractivity contribution < 1.29 is 49.1 Å². The Kier molecular flexibility index (Phi) is 9.20. The lowest BCUT2D eigenvalue weighted by Crippen LogP contribution is -2.63. The number of aliphatic hydroxyl groups is 3. The van der Waals surface area contributed by atoms with E-state index in [0.717, 1.165) is 0 Å². The summed E-state index contributed by atoms with van der Waals surface area (Å²) in [6, 6.07) is -2.19. The van der Waals surface area contributed by atoms with Crippen LogP contribution in [0.5, 0.6) is 5.75 Å². The van der Waals surface area contributed by atoms with Crippen molar-refractivity contribution in [3.05, 3.63) is 38.8 Å². The number of Topliss-reactive ketones (excluding diaryl/α,β-unsaturated/α-hetero) is 2. The van der Waals surface area contributed by atoms with Crippen LogP contribution in [0.25, 0.3) is 0 Å². The third-order valence-corrected chi connectivity index (χ3v) is 9.38. The van der Waals surface area contributed by atoms with Gasteiger partial charge in [-0.05, 0) is 52.5 Å². The van der Waals surface area contributed by atoms with Crippen LogP contribution in [0.1, 0.15) is 28.8 Å². The fraction of sp³-hybridized carbons (Fsp3) is 0.500. The molecule has 16 heteroatoms. The summed E-state index contributed by atoms with van der Waals surface area (Å²) in [7, 11) is 10.6. The highest BCUT2D eigenvalue weighted by Gasteiger charge is 2.63. The topological polar surface area (TPSA) is 223 Å². The summed E-state index contributed by atoms with van der Waals surface area (Å²) in [5, 5.41) is 48.3. The largest absolute Gasteiger partial charge is 0.510 e. The first-order chi connectivity index (χ1) is 21.3. The van der Waals surface area contributed by atoms with Gasteiger partial charge in [-0.25, -0.2) is 0 Å². The Balaban J connectivity index is 1.92. The van der Waals surface area contributed by atoms with Crippen LogP contribution < -0.4 is 16.0 Å². The van der Waals surface area contributed by atoms with E-state index >= 15 is 0 Å². The summed E-state index contributed by atoms with van der Waals surface area (Å²) < 4.78 is 4.69. The van der Waals surface area contributed by atoms with Gasteiger partial charge in [0.25, 0.3) is 5.91 Å². The number of hydrogen-bond acceptors (Lipinski definition) is 13. The number of ketones is 2. The van der Waals surface area contributed by atoms with Crippen molar-refractivity contribution in [3.8, 4) is 5.75 Å². The molecule has 0 aliphatic heterocycles. The number of phenols is 1. The highest BCUT2D eigenvalue weighted by atomic mass is 35.5. The molecule has 0 saturated carbocycles. The van der Waals surface area contributed by atoms with Gasteiger partial charge in [0, 0.05) is 25.6 Å². The van der Waals surface area contributed by atoms with E-state index in [9.17, 15) is 44.4 Å². The number of allylic oxidation sites excluding steroid dienone is 1. The number of carbonyl (C=O) groups excluding carboxylic acids is 5. The minimum absolute atomic E-state index is 0.00772. The zero-order valence-electron chi connectivity index (χ0n) is 26.5. The fourth-order valence-corrected chi connectivity index (χ4v) is 7.29. The molecule has 7 N–H and O–H groups in total. The Bertz CT molecular complexity index is 1620. The van der Waals surface area contributed by atoms with Gasteiger partial charge in [0.1, 0.15) is 22.8 Å². The molecule has 0 radical (unpaired) electrons. The van der Waals surface area contributed by atoms with Crippen molar-refractivity contribution in [1.82, 2.24) is 9.80 Å². The zero-order valence-corrected chi connectivity index (χ0v) is 27.2. The maximum atomic E-state index is 14.2. The van der Waals surface area contributed by atoms with E-state index in [0.29, 0.717) is 0 Å². The number of carbonyl (C=O) groups is 5. The number of likely N-dealkylation sites (N-methyl/N-ethyl adjacent to an activating group) is 2. The lowest BCUT2D eigenvalue weighted by molar-refractivity contribution is -0.148. The second-order valence-corrected chi connectivity index (χ2v) is 12.7. The third kappa shape index (κ3) is 5.16. The van der Waals surface area contributed by atoms with Crippen LogP contribution in [0.2, 0.25) is 5.02 Å². The number of hydrogen-bond donors (Lipinski definition) is 6. The summed E-state index contributed by atoms with van der Waals surface area (Å²) in [6.07, 6.45) is -0.445. The molecule has 5 atom stereocenters. The Morgan fingerprint density at radius 3 is 2.22 bits per heavy atom. The second kappa shape index (κ2) is 12.2. The molecule has 0 heterocycles. The molecule has 0 fully saturated rings. The van der Waals surface area contributed by atoms with Gasteiger partial charge in [-0.2, -0.15) is 0 Å². The molecular formula is C30H38ClN5O10. The minimum Gasteiger partial charge on any atom is -0.510 e. The number of nitrogens with zero attached hydrogens (tertiary/aromatic N) is 3. The normalized spacial score (nSPS) is 24.8. The molecule has 1 aromatic rings. The van der Waals surface area contributed by atoms with E-state index in [2.05, 4.69) is 10.1 Å². The summed E-state index contributed by atoms with van der Waals surface area (Å²) >= 11 is 6.77. The lowest BCUT2D eigenvalue weighted by atomic mass is 9.58. The number of phenolic OH excluding ortho intramolecular Hbond substituents is 1. The maximum absolute atomic E-state index is 14.2. The molecular weight excluding hydrogens is 626 g/mol. The maximum Gasteiger partial charge on any atom is 0.307 e. The Morgan fingerprint density at radius 2 is 1.72 bits per heavy atom. The number of aliphatic hydroxyl groups excluding tert-OH is 2. The SMILES string of the molecule is COC(=O)CC(C(=O)Nc1c(O)c2c(c(N(C)C)c1Cl)CC1CC3[C@H](N(C)C)C(O)=C(C(N)=O)C(=O)[C@@]3(O)C(O)=C1C2=O)N(C)C. The monoisotopic (exact) mass is 663 g/mol. The van der Waals surface area contributed by atoms with Crippen LogP contribution in [0, 0.1) is 11.8 Å². The van der Waals surface area contributed by atoms with Crippen LogP contribution in [-0.4, -0.2) is 127 Å². The van der Waals surface area contributed by atoms with E-state index < -0.39 is 81.7 Å². The Hall–Kier alpha value is -4.18. The average molecular weight is 664 g/mol. The number of aromatic hydroxyl groups is 1. The van der Waals surface area contributed by atoms with E-state index in [-0.39, 0.29) is 52.4 Å². The first kappa shape index (κ1) is 34.7. The molecule has 2 amide bonds. The predicted octanol–water partition coefficient (Wildman–Crippen LogP) is 0.272. The standard InChI is InChI=1S/C30H38ClN5O10/c1-34(2)14(10-15(37)46-7)29(44)33-20-19(31)21(35(3)4)12-8-11-9-13-22(36(5)6)25(40)18(28(32)43)27(42)30(13,45)26(41)16(11)23(38)17(12)24(20)39/h11,13-14,22,39-41,45H,8-10H2,1-7H3,(H2,32,43)(H,33,44)/t11?,13?,14?,22-,30-/m0/s1. The van der Waals surface area contributed by atoms with Crippen molar-refractivity contribution >= 4 is 52.3 Å². The average Bonchev–Trinajstić information content (AvgIpc) is 2.94. The van der Waals surface area contributed by atoms with E-state index in [1.807, 2.05) is 0 Å². The number of anilines is 2. The molecule has 0 saturated heterocycles. The van der Waals surface area contributed by atoms with Gasteiger partial charge in [-0.15, -0.1) is 0 Å². The first-order valence-corrected chi connectivity index (χ1v) is 14.6. The number of benzene rings is 1. The molecule has 3 aliphatic carbocycles. The van der Waals surface area contributed by atoms with Gasteiger partial charge in [0.05, 0.1) is 41.9 Å². The Labute approximate surface area is 269 Å². The molecule has 0 spiro atoms. The number of methoxy groups -OCH3 is 1. The number of nitrogens with two attached hydrogens (primary N) is 1. The number of nitrogens with one attached hydrogen (secondary N) is 1. The summed E-state index contributed by atoms with van der Waals surface area (Å²) in [6.45, 7) is 0. The van der Waals surface area contributed by atoms with Gasteiger partial charge >= 0.3 is 5.97 Å². The number of primary amides is 1. The number of esters is 1. The predicted molar refractivity (Wildman–Crippen MR) is 166 cm³/mol. The van der Waals surface area contributed by atoms with Crippen LogP contribution >= 0.6 is 11.6 Å². The van der Waals surface area contributed by atoms with E-state index in [4.69, 9.17) is 17.3 Å². The number of rotatable bonds is 8. The van der Waals surface area contributed by atoms with Gasteiger partial charge in [0.15, 0.2) is 17.1 Å². The summed E-state index contributed by atoms with van der Waals surface area (Å²) in [5.74, 6) is -9.49. The van der Waals surface area contributed by atoms with Gasteiger partial charge in [-0.3, -0.25) is 33.8 Å². The fourth-order valence-electron chi connectivity index (χ4n) is 6.87. The van der Waals surface area contributed by atoms with Crippen LogP contribution in [0.3, 0.4) is 0 Å². The molecule has 250 valence electrons. The van der Waals surface area contributed by atoms with Crippen molar-refractivity contribution in [2.45, 2.75) is 36.9 Å². The molecule has 4 rings (SSSR count). The van der Waals surface area contributed by atoms with Crippen molar-refractivity contribution in [1.29, 1.82) is 0 Å². The number of fused-ring (bicyclic) bond motifs is 3. The first-order valence-electron chi connectivity index (χ1n) is 14.3. The number of halogens is 1. The highest BCUT2D eigenvalue weighted by molar-refractivity contribution is 6.38. The minimum atomic E-state index is -2.80. The van der Waals surface area contributed by atoms with E-state index in [1.54, 1.807) is 33.1 Å². The quantitative estimate of drug-likeness (QED) is 0.125. The van der Waals surface area contributed by atoms with Crippen LogP contribution in [-0.2, 0) is 30.3 Å². The molecule has 0 aromatic heterocycles. The van der Waals surface area contributed by atoms with Crippen LogP contribution in [0.15, 0.2) is 22.7 Å². The van der Waals surface area contributed by atoms with Gasteiger partial charge < -0.3 is 41.1 Å². The van der Waals surface area contributed by atoms with Gasteiger partial charge in [0.2, 0.25) is 11.7 Å². The van der Waals surface area contributed by atoms with Crippen molar-refractivity contribution in [3.63, 3.8) is 0 Å². The number of amides is 2. The van der Waals surface area contributed by atoms with Gasteiger partial charge in [-0.1, -0.05) is 11.6 Å².